The van der Waals surface area contributed by atoms with Gasteiger partial charge in [0.25, 0.3) is 0 Å². The molecule has 0 aliphatic heterocycles. The van der Waals surface area contributed by atoms with E-state index in [1.54, 1.807) is 0 Å². The lowest BCUT2D eigenvalue weighted by atomic mass is 10.1. The van der Waals surface area contributed by atoms with Gasteiger partial charge in [0.1, 0.15) is 0 Å². The van der Waals surface area contributed by atoms with E-state index in [-0.39, 0.29) is 0 Å². The molecule has 0 spiro atoms. The van der Waals surface area contributed by atoms with Crippen LogP contribution in [0.4, 0.5) is 5.69 Å². The van der Waals surface area contributed by atoms with E-state index in [2.05, 4.69) is 32.8 Å². The van der Waals surface area contributed by atoms with Crippen LogP contribution in [0.1, 0.15) is 58.2 Å². The molecule has 80 valence electrons. The van der Waals surface area contributed by atoms with Gasteiger partial charge in [-0.3, -0.25) is 4.68 Å². The molecule has 0 radical (unpaired) electrons. The van der Waals surface area contributed by atoms with Gasteiger partial charge in [-0.25, -0.2) is 0 Å². The van der Waals surface area contributed by atoms with Gasteiger partial charge in [-0.1, -0.05) is 27.7 Å². The number of nitrogens with two attached hydrogens (primary N) is 1. The van der Waals surface area contributed by atoms with Crippen LogP contribution in [-0.4, -0.2) is 9.78 Å². The standard InChI is InChI=1S/C11H21N3/c1-5-9(6-2)14-7-10(12)11(13-14)8(3)4/h7-9H,5-6,12H2,1-4H3. The third-order valence-corrected chi connectivity index (χ3v) is 2.65. The van der Waals surface area contributed by atoms with E-state index in [0.29, 0.717) is 12.0 Å². The van der Waals surface area contributed by atoms with Gasteiger partial charge < -0.3 is 5.73 Å². The van der Waals surface area contributed by atoms with Crippen molar-refractivity contribution in [3.05, 3.63) is 11.9 Å². The summed E-state index contributed by atoms with van der Waals surface area (Å²) in [5.74, 6) is 0.408. The van der Waals surface area contributed by atoms with E-state index in [1.807, 2.05) is 10.9 Å². The summed E-state index contributed by atoms with van der Waals surface area (Å²) in [4.78, 5) is 0. The van der Waals surface area contributed by atoms with Gasteiger partial charge in [0.2, 0.25) is 0 Å². The molecule has 2 N–H and O–H groups in total. The lowest BCUT2D eigenvalue weighted by Gasteiger charge is -2.12. The zero-order valence-electron chi connectivity index (χ0n) is 9.62. The smallest absolute Gasteiger partial charge is 0.0879 e. The Kier molecular flexibility index (Phi) is 3.55. The molecular formula is C11H21N3. The van der Waals surface area contributed by atoms with Crippen LogP contribution in [-0.2, 0) is 0 Å². The SMILES string of the molecule is CCC(CC)n1cc(N)c(C(C)C)n1. The van der Waals surface area contributed by atoms with E-state index < -0.39 is 0 Å². The molecule has 0 amide bonds. The Labute approximate surface area is 86.3 Å². The predicted molar refractivity (Wildman–Crippen MR) is 60.3 cm³/mol. The largest absolute Gasteiger partial charge is 0.396 e. The minimum absolute atomic E-state index is 0.408. The molecule has 3 heteroatoms. The second-order valence-electron chi connectivity index (χ2n) is 4.07. The number of hydrogen-bond acceptors (Lipinski definition) is 2. The first-order valence-corrected chi connectivity index (χ1v) is 5.44. The molecule has 1 aromatic rings. The average molecular weight is 195 g/mol. The minimum Gasteiger partial charge on any atom is -0.396 e. The maximum absolute atomic E-state index is 5.91. The van der Waals surface area contributed by atoms with Crippen molar-refractivity contribution < 1.29 is 0 Å². The number of aromatic nitrogens is 2. The molecule has 1 heterocycles. The average Bonchev–Trinajstić information content (AvgIpc) is 2.50. The van der Waals surface area contributed by atoms with E-state index >= 15 is 0 Å². The van der Waals surface area contributed by atoms with Crippen LogP contribution in [0, 0.1) is 0 Å². The topological polar surface area (TPSA) is 43.8 Å². The molecular weight excluding hydrogens is 174 g/mol. The first kappa shape index (κ1) is 11.1. The Morgan fingerprint density at radius 1 is 1.36 bits per heavy atom. The van der Waals surface area contributed by atoms with Crippen LogP contribution in [0.3, 0.4) is 0 Å². The zero-order valence-corrected chi connectivity index (χ0v) is 9.62. The molecule has 1 aromatic heterocycles. The molecule has 1 rings (SSSR count). The third kappa shape index (κ3) is 2.08. The Morgan fingerprint density at radius 2 is 1.93 bits per heavy atom. The Bertz CT molecular complexity index is 285. The van der Waals surface area contributed by atoms with Crippen LogP contribution in [0.5, 0.6) is 0 Å². The fourth-order valence-electron chi connectivity index (χ4n) is 1.72. The monoisotopic (exact) mass is 195 g/mol. The molecule has 0 aromatic carbocycles. The van der Waals surface area contributed by atoms with Crippen molar-refractivity contribution in [3.8, 4) is 0 Å². The third-order valence-electron chi connectivity index (χ3n) is 2.65. The predicted octanol–water partition coefficient (Wildman–Crippen LogP) is 2.95. The number of nitrogens with zero attached hydrogens (tertiary/aromatic N) is 2. The Morgan fingerprint density at radius 3 is 2.29 bits per heavy atom. The summed E-state index contributed by atoms with van der Waals surface area (Å²) in [6, 6.07) is 0.491. The first-order chi connectivity index (χ1) is 6.60. The fourth-order valence-corrected chi connectivity index (χ4v) is 1.72. The van der Waals surface area contributed by atoms with Crippen LogP contribution in [0.2, 0.25) is 0 Å². The highest BCUT2D eigenvalue weighted by atomic mass is 15.3. The zero-order chi connectivity index (χ0) is 10.7. The molecule has 14 heavy (non-hydrogen) atoms. The van der Waals surface area contributed by atoms with Crippen molar-refractivity contribution in [3.63, 3.8) is 0 Å². The molecule has 0 fully saturated rings. The fraction of sp³-hybridized carbons (Fsp3) is 0.727. The van der Waals surface area contributed by atoms with Gasteiger partial charge in [-0.2, -0.15) is 5.10 Å². The highest BCUT2D eigenvalue weighted by Crippen LogP contribution is 2.23. The molecule has 3 nitrogen and oxygen atoms in total. The van der Waals surface area contributed by atoms with Gasteiger partial charge in [0.15, 0.2) is 0 Å². The number of anilines is 1. The lowest BCUT2D eigenvalue weighted by Crippen LogP contribution is -2.08. The second kappa shape index (κ2) is 4.49. The van der Waals surface area contributed by atoms with Crippen molar-refractivity contribution in [2.75, 3.05) is 5.73 Å². The van der Waals surface area contributed by atoms with Crippen LogP contribution < -0.4 is 5.73 Å². The van der Waals surface area contributed by atoms with Crippen molar-refractivity contribution >= 4 is 5.69 Å². The maximum atomic E-state index is 5.91. The first-order valence-electron chi connectivity index (χ1n) is 5.44. The Balaban J connectivity index is 2.95. The number of hydrogen-bond donors (Lipinski definition) is 1. The highest BCUT2D eigenvalue weighted by Gasteiger charge is 2.13. The van der Waals surface area contributed by atoms with Crippen LogP contribution in [0.15, 0.2) is 6.20 Å². The second-order valence-corrected chi connectivity index (χ2v) is 4.07. The van der Waals surface area contributed by atoms with Crippen LogP contribution >= 0.6 is 0 Å². The summed E-state index contributed by atoms with van der Waals surface area (Å²) in [5, 5.41) is 4.54. The molecule has 0 aliphatic rings. The quantitative estimate of drug-likeness (QED) is 0.802. The summed E-state index contributed by atoms with van der Waals surface area (Å²) in [7, 11) is 0. The van der Waals surface area contributed by atoms with E-state index in [9.17, 15) is 0 Å². The molecule has 0 unspecified atom stereocenters. The van der Waals surface area contributed by atoms with Crippen molar-refractivity contribution in [2.24, 2.45) is 0 Å². The van der Waals surface area contributed by atoms with Crippen LogP contribution in [0.25, 0.3) is 0 Å². The van der Waals surface area contributed by atoms with E-state index in [0.717, 1.165) is 24.2 Å². The van der Waals surface area contributed by atoms with Gasteiger partial charge >= 0.3 is 0 Å². The molecule has 0 aliphatic carbocycles. The molecule has 0 bridgehead atoms. The summed E-state index contributed by atoms with van der Waals surface area (Å²) in [5.41, 5.74) is 7.76. The Hall–Kier alpha value is -0.990. The maximum Gasteiger partial charge on any atom is 0.0879 e. The van der Waals surface area contributed by atoms with Gasteiger partial charge in [-0.05, 0) is 18.8 Å². The van der Waals surface area contributed by atoms with Gasteiger partial charge in [-0.15, -0.1) is 0 Å². The number of nitrogen functional groups attached to an aromatic ring is 1. The summed E-state index contributed by atoms with van der Waals surface area (Å²) in [6.45, 7) is 8.61. The van der Waals surface area contributed by atoms with Crippen molar-refractivity contribution in [2.45, 2.75) is 52.5 Å². The molecule has 0 saturated heterocycles. The normalized spacial score (nSPS) is 11.6. The lowest BCUT2D eigenvalue weighted by molar-refractivity contribution is 0.424. The molecule has 0 atom stereocenters. The summed E-state index contributed by atoms with van der Waals surface area (Å²) in [6.07, 6.45) is 4.18. The minimum atomic E-state index is 0.408. The molecule has 0 saturated carbocycles. The van der Waals surface area contributed by atoms with Crippen molar-refractivity contribution in [1.82, 2.24) is 9.78 Å². The van der Waals surface area contributed by atoms with Crippen molar-refractivity contribution in [1.29, 1.82) is 0 Å². The van der Waals surface area contributed by atoms with E-state index in [4.69, 9.17) is 5.73 Å². The highest BCUT2D eigenvalue weighted by molar-refractivity contribution is 5.42. The summed E-state index contributed by atoms with van der Waals surface area (Å²) < 4.78 is 2.02. The summed E-state index contributed by atoms with van der Waals surface area (Å²) >= 11 is 0. The van der Waals surface area contributed by atoms with Gasteiger partial charge in [0.05, 0.1) is 17.4 Å². The van der Waals surface area contributed by atoms with E-state index in [1.165, 1.54) is 0 Å². The van der Waals surface area contributed by atoms with Gasteiger partial charge in [0, 0.05) is 6.20 Å². The number of rotatable bonds is 4.